The molecule has 0 aliphatic rings. The predicted octanol–water partition coefficient (Wildman–Crippen LogP) is 3.01. The predicted molar refractivity (Wildman–Crippen MR) is 101 cm³/mol. The van der Waals surface area contributed by atoms with Crippen LogP contribution in [0.5, 0.6) is 0 Å². The lowest BCUT2D eigenvalue weighted by atomic mass is 10.3. The summed E-state index contributed by atoms with van der Waals surface area (Å²) in [4.78, 5) is 28.5. The SMILES string of the molecule is CCCN(CC(=O)N(Cc1ccco1)Cc1cccn1C)C(=O)[C@H](C)Cl. The monoisotopic (exact) mass is 379 g/mol. The summed E-state index contributed by atoms with van der Waals surface area (Å²) in [6.45, 7) is 4.89. The van der Waals surface area contributed by atoms with Crippen LogP contribution in [0.2, 0.25) is 0 Å². The van der Waals surface area contributed by atoms with Crippen LogP contribution in [0.3, 0.4) is 0 Å². The van der Waals surface area contributed by atoms with E-state index in [1.165, 1.54) is 4.90 Å². The Labute approximate surface area is 159 Å². The Morgan fingerprint density at radius 1 is 1.23 bits per heavy atom. The number of nitrogens with zero attached hydrogens (tertiary/aromatic N) is 3. The molecule has 0 saturated heterocycles. The highest BCUT2D eigenvalue weighted by Gasteiger charge is 2.24. The number of aromatic nitrogens is 1. The van der Waals surface area contributed by atoms with E-state index in [2.05, 4.69) is 0 Å². The third kappa shape index (κ3) is 5.39. The third-order valence-corrected chi connectivity index (χ3v) is 4.34. The van der Waals surface area contributed by atoms with Gasteiger partial charge in [-0.25, -0.2) is 0 Å². The highest BCUT2D eigenvalue weighted by atomic mass is 35.5. The Bertz CT molecular complexity index is 709. The van der Waals surface area contributed by atoms with Crippen molar-refractivity contribution in [3.63, 3.8) is 0 Å². The maximum absolute atomic E-state index is 13.0. The summed E-state index contributed by atoms with van der Waals surface area (Å²) in [6, 6.07) is 7.54. The van der Waals surface area contributed by atoms with Crippen LogP contribution >= 0.6 is 11.6 Å². The zero-order chi connectivity index (χ0) is 19.1. The molecule has 0 N–H and O–H groups in total. The average molecular weight is 380 g/mol. The van der Waals surface area contributed by atoms with Gasteiger partial charge in [0.15, 0.2) is 0 Å². The highest BCUT2D eigenvalue weighted by molar-refractivity contribution is 6.30. The van der Waals surface area contributed by atoms with Crippen molar-refractivity contribution in [2.24, 2.45) is 7.05 Å². The first-order chi connectivity index (χ1) is 12.4. The van der Waals surface area contributed by atoms with Gasteiger partial charge in [0.25, 0.3) is 0 Å². The van der Waals surface area contributed by atoms with E-state index < -0.39 is 5.38 Å². The second-order valence-corrected chi connectivity index (χ2v) is 6.97. The van der Waals surface area contributed by atoms with Gasteiger partial charge in [-0.2, -0.15) is 0 Å². The molecule has 142 valence electrons. The van der Waals surface area contributed by atoms with Gasteiger partial charge in [-0.15, -0.1) is 11.6 Å². The van der Waals surface area contributed by atoms with Crippen LogP contribution in [0.25, 0.3) is 0 Å². The molecule has 26 heavy (non-hydrogen) atoms. The Morgan fingerprint density at radius 2 is 2.00 bits per heavy atom. The minimum Gasteiger partial charge on any atom is -0.467 e. The van der Waals surface area contributed by atoms with E-state index in [1.54, 1.807) is 24.2 Å². The summed E-state index contributed by atoms with van der Waals surface area (Å²) in [5.41, 5.74) is 1.00. The lowest BCUT2D eigenvalue weighted by molar-refractivity contribution is -0.141. The number of furan rings is 1. The summed E-state index contributed by atoms with van der Waals surface area (Å²) in [5, 5.41) is -0.652. The van der Waals surface area contributed by atoms with Crippen LogP contribution in [0.1, 0.15) is 31.7 Å². The minimum absolute atomic E-state index is 0.00879. The second-order valence-electron chi connectivity index (χ2n) is 6.32. The molecule has 6 nitrogen and oxygen atoms in total. The molecule has 2 amide bonds. The molecule has 1 atom stereocenters. The molecular weight excluding hydrogens is 354 g/mol. The molecule has 0 aliphatic heterocycles. The van der Waals surface area contributed by atoms with Crippen molar-refractivity contribution in [2.45, 2.75) is 38.7 Å². The molecular formula is C19H26ClN3O3. The van der Waals surface area contributed by atoms with Crippen molar-refractivity contribution < 1.29 is 14.0 Å². The molecule has 0 unspecified atom stereocenters. The molecule has 2 aromatic heterocycles. The van der Waals surface area contributed by atoms with Crippen LogP contribution in [0.15, 0.2) is 41.1 Å². The number of halogens is 1. The molecule has 0 bridgehead atoms. The summed E-state index contributed by atoms with van der Waals surface area (Å²) < 4.78 is 7.37. The molecule has 2 heterocycles. The summed E-state index contributed by atoms with van der Waals surface area (Å²) in [6.07, 6.45) is 4.29. The lowest BCUT2D eigenvalue weighted by Gasteiger charge is -2.28. The fraction of sp³-hybridized carbons (Fsp3) is 0.474. The van der Waals surface area contributed by atoms with Gasteiger partial charge >= 0.3 is 0 Å². The zero-order valence-electron chi connectivity index (χ0n) is 15.5. The molecule has 7 heteroatoms. The van der Waals surface area contributed by atoms with Crippen LogP contribution in [-0.4, -0.2) is 44.6 Å². The van der Waals surface area contributed by atoms with E-state index in [-0.39, 0.29) is 18.4 Å². The largest absolute Gasteiger partial charge is 0.467 e. The van der Waals surface area contributed by atoms with Crippen molar-refractivity contribution in [1.82, 2.24) is 14.4 Å². The Hall–Kier alpha value is -2.21. The second kappa shape index (κ2) is 9.48. The molecule has 0 saturated carbocycles. The van der Waals surface area contributed by atoms with E-state index in [0.717, 1.165) is 12.1 Å². The summed E-state index contributed by atoms with van der Waals surface area (Å²) in [5.74, 6) is 0.340. The van der Waals surface area contributed by atoms with Gasteiger partial charge in [0, 0.05) is 25.5 Å². The topological polar surface area (TPSA) is 58.7 Å². The highest BCUT2D eigenvalue weighted by Crippen LogP contribution is 2.13. The van der Waals surface area contributed by atoms with Gasteiger partial charge in [0.1, 0.15) is 11.1 Å². The average Bonchev–Trinajstić information content (AvgIpc) is 3.25. The van der Waals surface area contributed by atoms with Crippen LogP contribution < -0.4 is 0 Å². The van der Waals surface area contributed by atoms with E-state index >= 15 is 0 Å². The number of rotatable bonds is 9. The Kier molecular flexibility index (Phi) is 7.33. The van der Waals surface area contributed by atoms with Crippen molar-refractivity contribution in [2.75, 3.05) is 13.1 Å². The smallest absolute Gasteiger partial charge is 0.242 e. The number of alkyl halides is 1. The summed E-state index contributed by atoms with van der Waals surface area (Å²) in [7, 11) is 1.94. The van der Waals surface area contributed by atoms with Crippen molar-refractivity contribution in [1.29, 1.82) is 0 Å². The first-order valence-electron chi connectivity index (χ1n) is 8.75. The van der Waals surface area contributed by atoms with Crippen LogP contribution in [-0.2, 0) is 29.7 Å². The van der Waals surface area contributed by atoms with Gasteiger partial charge in [0.2, 0.25) is 11.8 Å². The lowest BCUT2D eigenvalue weighted by Crippen LogP contribution is -2.45. The normalized spacial score (nSPS) is 12.0. The molecule has 2 aromatic rings. The maximum atomic E-state index is 13.0. The number of hydrogen-bond acceptors (Lipinski definition) is 3. The van der Waals surface area contributed by atoms with Crippen molar-refractivity contribution >= 4 is 23.4 Å². The van der Waals surface area contributed by atoms with Crippen LogP contribution in [0, 0.1) is 0 Å². The van der Waals surface area contributed by atoms with E-state index in [0.29, 0.717) is 25.4 Å². The third-order valence-electron chi connectivity index (χ3n) is 4.16. The number of carbonyl (C=O) groups is 2. The van der Waals surface area contributed by atoms with Gasteiger partial charge in [-0.1, -0.05) is 6.92 Å². The minimum atomic E-state index is -0.652. The van der Waals surface area contributed by atoms with E-state index in [1.807, 2.05) is 42.9 Å². The Balaban J connectivity index is 2.15. The molecule has 0 radical (unpaired) electrons. The quantitative estimate of drug-likeness (QED) is 0.629. The number of hydrogen-bond donors (Lipinski definition) is 0. The van der Waals surface area contributed by atoms with Crippen molar-refractivity contribution in [3.8, 4) is 0 Å². The molecule has 2 rings (SSSR count). The van der Waals surface area contributed by atoms with Gasteiger partial charge in [-0.05, 0) is 37.6 Å². The van der Waals surface area contributed by atoms with Gasteiger partial charge < -0.3 is 18.8 Å². The van der Waals surface area contributed by atoms with Gasteiger partial charge in [-0.3, -0.25) is 9.59 Å². The molecule has 0 fully saturated rings. The summed E-state index contributed by atoms with van der Waals surface area (Å²) >= 11 is 5.94. The maximum Gasteiger partial charge on any atom is 0.242 e. The van der Waals surface area contributed by atoms with Gasteiger partial charge in [0.05, 0.1) is 25.9 Å². The molecule has 0 spiro atoms. The first kappa shape index (κ1) is 20.1. The van der Waals surface area contributed by atoms with E-state index in [9.17, 15) is 9.59 Å². The van der Waals surface area contributed by atoms with Crippen LogP contribution in [0.4, 0.5) is 0 Å². The molecule has 0 aliphatic carbocycles. The number of carbonyl (C=O) groups excluding carboxylic acids is 2. The van der Waals surface area contributed by atoms with Crippen molar-refractivity contribution in [3.05, 3.63) is 48.2 Å². The first-order valence-corrected chi connectivity index (χ1v) is 9.19. The number of aryl methyl sites for hydroxylation is 1. The zero-order valence-corrected chi connectivity index (χ0v) is 16.3. The Morgan fingerprint density at radius 3 is 2.54 bits per heavy atom. The fourth-order valence-corrected chi connectivity index (χ4v) is 2.87. The molecule has 0 aromatic carbocycles. The van der Waals surface area contributed by atoms with E-state index in [4.69, 9.17) is 16.0 Å². The fourth-order valence-electron chi connectivity index (χ4n) is 2.73. The standard InChI is InChI=1S/C19H26ClN3O3/c1-4-9-22(19(25)15(2)20)14-18(24)23(13-17-8-6-11-26-17)12-16-7-5-10-21(16)3/h5-8,10-11,15H,4,9,12-14H2,1-3H3/t15-/m0/s1. The number of amides is 2.